The predicted octanol–water partition coefficient (Wildman–Crippen LogP) is 2.14. The van der Waals surface area contributed by atoms with Crippen LogP contribution in [0.2, 0.25) is 0 Å². The van der Waals surface area contributed by atoms with E-state index >= 15 is 0 Å². The molecule has 3 heterocycles. The molecule has 33 heavy (non-hydrogen) atoms. The van der Waals surface area contributed by atoms with Gasteiger partial charge in [-0.15, -0.1) is 0 Å². The van der Waals surface area contributed by atoms with E-state index in [4.69, 9.17) is 5.73 Å². The summed E-state index contributed by atoms with van der Waals surface area (Å²) >= 11 is 0. The number of carbonyl (C=O) groups excluding carboxylic acids is 3. The Morgan fingerprint density at radius 1 is 1.06 bits per heavy atom. The summed E-state index contributed by atoms with van der Waals surface area (Å²) in [5.74, 6) is -0.125. The zero-order chi connectivity index (χ0) is 23.2. The Morgan fingerprint density at radius 2 is 1.88 bits per heavy atom. The first kappa shape index (κ1) is 22.4. The van der Waals surface area contributed by atoms with Crippen molar-refractivity contribution in [1.82, 2.24) is 9.99 Å². The number of anilines is 2. The van der Waals surface area contributed by atoms with E-state index < -0.39 is 0 Å². The molecule has 0 bridgehead atoms. The van der Waals surface area contributed by atoms with Gasteiger partial charge in [-0.05, 0) is 30.5 Å². The molecular weight excluding hydrogens is 420 g/mol. The van der Waals surface area contributed by atoms with Crippen molar-refractivity contribution in [2.75, 3.05) is 29.9 Å². The zero-order valence-electron chi connectivity index (χ0n) is 18.4. The van der Waals surface area contributed by atoms with E-state index in [2.05, 4.69) is 15.4 Å². The first-order valence-electron chi connectivity index (χ1n) is 11.2. The molecule has 0 spiro atoms. The van der Waals surface area contributed by atoms with Crippen LogP contribution in [-0.4, -0.2) is 53.1 Å². The van der Waals surface area contributed by atoms with E-state index in [1.54, 1.807) is 12.3 Å². The van der Waals surface area contributed by atoms with Gasteiger partial charge in [-0.3, -0.25) is 14.4 Å². The van der Waals surface area contributed by atoms with Gasteiger partial charge in [0.2, 0.25) is 17.7 Å². The summed E-state index contributed by atoms with van der Waals surface area (Å²) in [4.78, 5) is 42.7. The summed E-state index contributed by atoms with van der Waals surface area (Å²) < 4.78 is 0. The molecule has 0 aliphatic carbocycles. The minimum Gasteiger partial charge on any atom is -0.369 e. The van der Waals surface area contributed by atoms with Crippen LogP contribution in [0.5, 0.6) is 0 Å². The number of rotatable bonds is 7. The van der Waals surface area contributed by atoms with Crippen LogP contribution >= 0.6 is 0 Å². The third-order valence-electron chi connectivity index (χ3n) is 5.94. The number of amides is 3. The van der Waals surface area contributed by atoms with Crippen LogP contribution in [0.1, 0.15) is 37.7 Å². The van der Waals surface area contributed by atoms with Gasteiger partial charge in [0.1, 0.15) is 5.82 Å². The summed E-state index contributed by atoms with van der Waals surface area (Å²) in [6.07, 6.45) is 4.13. The van der Waals surface area contributed by atoms with Gasteiger partial charge in [-0.25, -0.2) is 9.99 Å². The molecule has 0 saturated carbocycles. The Morgan fingerprint density at radius 3 is 2.61 bits per heavy atom. The number of hydrogen-bond acceptors (Lipinski definition) is 6. The molecule has 3 N–H and O–H groups in total. The van der Waals surface area contributed by atoms with Crippen LogP contribution in [0.25, 0.3) is 0 Å². The lowest BCUT2D eigenvalue weighted by Crippen LogP contribution is -2.41. The number of piperidine rings is 1. The van der Waals surface area contributed by atoms with Crippen LogP contribution in [0.4, 0.5) is 11.5 Å². The van der Waals surface area contributed by atoms with Gasteiger partial charge < -0.3 is 16.0 Å². The molecule has 1 aromatic heterocycles. The van der Waals surface area contributed by atoms with Gasteiger partial charge in [0.05, 0.1) is 30.1 Å². The Bertz CT molecular complexity index is 1040. The molecule has 4 rings (SSSR count). The lowest BCUT2D eigenvalue weighted by Gasteiger charge is -2.32. The van der Waals surface area contributed by atoms with Gasteiger partial charge >= 0.3 is 0 Å². The summed E-state index contributed by atoms with van der Waals surface area (Å²) in [5.41, 5.74) is 7.90. The number of hydrogen-bond donors (Lipinski definition) is 2. The highest BCUT2D eigenvalue weighted by Crippen LogP contribution is 2.22. The molecule has 9 nitrogen and oxygen atoms in total. The van der Waals surface area contributed by atoms with Crippen LogP contribution in [0.15, 0.2) is 53.8 Å². The number of aromatic nitrogens is 1. The maximum Gasteiger partial charge on any atom is 0.243 e. The van der Waals surface area contributed by atoms with Gasteiger partial charge in [-0.2, -0.15) is 5.10 Å². The number of primary amides is 1. The number of pyridine rings is 1. The van der Waals surface area contributed by atoms with Crippen molar-refractivity contribution >= 4 is 34.9 Å². The van der Waals surface area contributed by atoms with Gasteiger partial charge in [-0.1, -0.05) is 30.3 Å². The summed E-state index contributed by atoms with van der Waals surface area (Å²) in [6.45, 7) is 1.90. The SMILES string of the molecule is NC(=O)C1CCCN(c2ccc(NC(=O)CCC(=O)N3CCC(c4ccccc4)=N3)cn2)C1. The Hall–Kier alpha value is -3.75. The van der Waals surface area contributed by atoms with Crippen LogP contribution in [0.3, 0.4) is 0 Å². The topological polar surface area (TPSA) is 121 Å². The lowest BCUT2D eigenvalue weighted by molar-refractivity contribution is -0.132. The second-order valence-electron chi connectivity index (χ2n) is 8.32. The molecule has 2 aliphatic heterocycles. The highest BCUT2D eigenvalue weighted by atomic mass is 16.2. The van der Waals surface area contributed by atoms with Gasteiger partial charge in [0.15, 0.2) is 0 Å². The van der Waals surface area contributed by atoms with E-state index in [0.717, 1.165) is 36.5 Å². The van der Waals surface area contributed by atoms with Crippen molar-refractivity contribution in [2.24, 2.45) is 16.8 Å². The summed E-state index contributed by atoms with van der Waals surface area (Å²) in [6, 6.07) is 13.4. The highest BCUT2D eigenvalue weighted by Gasteiger charge is 2.25. The third kappa shape index (κ3) is 5.74. The second-order valence-corrected chi connectivity index (χ2v) is 8.32. The van der Waals surface area contributed by atoms with Crippen molar-refractivity contribution < 1.29 is 14.4 Å². The quantitative estimate of drug-likeness (QED) is 0.672. The molecule has 1 fully saturated rings. The molecule has 3 amide bonds. The van der Waals surface area contributed by atoms with Crippen molar-refractivity contribution in [2.45, 2.75) is 32.1 Å². The van der Waals surface area contributed by atoms with Crippen molar-refractivity contribution in [3.63, 3.8) is 0 Å². The lowest BCUT2D eigenvalue weighted by atomic mass is 9.97. The third-order valence-corrected chi connectivity index (χ3v) is 5.94. The van der Waals surface area contributed by atoms with E-state index in [1.807, 2.05) is 41.3 Å². The minimum atomic E-state index is -0.283. The molecule has 9 heteroatoms. The minimum absolute atomic E-state index is 0.0691. The van der Waals surface area contributed by atoms with E-state index in [0.29, 0.717) is 25.2 Å². The molecular formula is C24H28N6O3. The maximum absolute atomic E-state index is 12.5. The normalized spacial score (nSPS) is 18.1. The largest absolute Gasteiger partial charge is 0.369 e. The van der Waals surface area contributed by atoms with Crippen molar-refractivity contribution in [1.29, 1.82) is 0 Å². The molecule has 2 aromatic rings. The number of nitrogens with one attached hydrogen (secondary N) is 1. The summed E-state index contributed by atoms with van der Waals surface area (Å²) in [7, 11) is 0. The maximum atomic E-state index is 12.5. The van der Waals surface area contributed by atoms with Crippen LogP contribution in [0, 0.1) is 5.92 Å². The number of benzene rings is 1. The Labute approximate surface area is 192 Å². The second kappa shape index (κ2) is 10.2. The van der Waals surface area contributed by atoms with E-state index in [1.165, 1.54) is 5.01 Å². The smallest absolute Gasteiger partial charge is 0.243 e. The predicted molar refractivity (Wildman–Crippen MR) is 126 cm³/mol. The van der Waals surface area contributed by atoms with E-state index in [-0.39, 0.29) is 36.5 Å². The van der Waals surface area contributed by atoms with Gasteiger partial charge in [0, 0.05) is 32.4 Å². The number of carbonyl (C=O) groups is 3. The number of nitrogens with two attached hydrogens (primary N) is 1. The Kier molecular flexibility index (Phi) is 6.97. The standard InChI is InChI=1S/C24H28N6O3/c25-24(33)18-7-4-13-29(16-18)21-9-8-19(15-26-21)27-22(31)10-11-23(32)30-14-12-20(28-30)17-5-2-1-3-6-17/h1-3,5-6,8-9,15,18H,4,7,10-14,16H2,(H2,25,33)(H,27,31). The van der Waals surface area contributed by atoms with Crippen molar-refractivity contribution in [3.05, 3.63) is 54.2 Å². The monoisotopic (exact) mass is 448 g/mol. The van der Waals surface area contributed by atoms with Crippen LogP contribution in [-0.2, 0) is 14.4 Å². The number of nitrogens with zero attached hydrogens (tertiary/aromatic N) is 4. The average Bonchev–Trinajstić information content (AvgIpc) is 3.34. The fourth-order valence-corrected chi connectivity index (χ4v) is 4.11. The highest BCUT2D eigenvalue weighted by molar-refractivity contribution is 6.02. The molecule has 172 valence electrons. The summed E-state index contributed by atoms with van der Waals surface area (Å²) in [5, 5.41) is 8.64. The molecule has 1 aromatic carbocycles. The zero-order valence-corrected chi connectivity index (χ0v) is 18.4. The fraction of sp³-hybridized carbons (Fsp3) is 0.375. The molecule has 1 atom stereocenters. The average molecular weight is 449 g/mol. The molecule has 1 unspecified atom stereocenters. The molecule has 1 saturated heterocycles. The van der Waals surface area contributed by atoms with Crippen molar-refractivity contribution in [3.8, 4) is 0 Å². The van der Waals surface area contributed by atoms with Crippen LogP contribution < -0.4 is 16.0 Å². The fourth-order valence-electron chi connectivity index (χ4n) is 4.11. The number of hydrazone groups is 1. The van der Waals surface area contributed by atoms with E-state index in [9.17, 15) is 14.4 Å². The van der Waals surface area contributed by atoms with Gasteiger partial charge in [0.25, 0.3) is 0 Å². The first-order chi connectivity index (χ1) is 16.0. The first-order valence-corrected chi connectivity index (χ1v) is 11.2. The Balaban J connectivity index is 1.25. The molecule has 2 aliphatic rings. The molecule has 0 radical (unpaired) electrons.